The van der Waals surface area contributed by atoms with Gasteiger partial charge in [-0.15, -0.1) is 0 Å². The van der Waals surface area contributed by atoms with Crippen LogP contribution in [0.3, 0.4) is 0 Å². The van der Waals surface area contributed by atoms with E-state index in [0.717, 1.165) is 32.1 Å². The number of nitrogens with one attached hydrogen (secondary N) is 1. The van der Waals surface area contributed by atoms with Crippen LogP contribution in [0.25, 0.3) is 0 Å². The number of amides is 2. The van der Waals surface area contributed by atoms with Crippen LogP contribution in [0.5, 0.6) is 0 Å². The number of rotatable bonds is 1. The summed E-state index contributed by atoms with van der Waals surface area (Å²) >= 11 is 0. The maximum atomic E-state index is 12.8. The molecule has 0 aromatic heterocycles. The van der Waals surface area contributed by atoms with Crippen molar-refractivity contribution in [2.75, 3.05) is 0 Å². The molecule has 1 N–H and O–H groups in total. The fraction of sp³-hybridized carbons (Fsp3) is 0.857. The first-order chi connectivity index (χ1) is 8.37. The number of nitrogens with zero attached hydrogens (tertiary/aromatic N) is 1. The molecule has 0 radical (unpaired) electrons. The lowest BCUT2D eigenvalue weighted by molar-refractivity contribution is -0.155. The monoisotopic (exact) mass is 250 g/mol. The predicted octanol–water partition coefficient (Wildman–Crippen LogP) is 1.44. The SMILES string of the molecule is CC1C(=O)NC2(CCCC2)C(=O)N1C1CC1(C)C. The maximum absolute atomic E-state index is 12.8. The minimum atomic E-state index is -0.567. The molecule has 18 heavy (non-hydrogen) atoms. The number of hydrogen-bond acceptors (Lipinski definition) is 2. The highest BCUT2D eigenvalue weighted by atomic mass is 16.2. The Balaban J connectivity index is 1.91. The Morgan fingerprint density at radius 2 is 1.78 bits per heavy atom. The van der Waals surface area contributed by atoms with E-state index in [1.165, 1.54) is 0 Å². The van der Waals surface area contributed by atoms with Crippen molar-refractivity contribution in [2.45, 2.75) is 70.5 Å². The van der Waals surface area contributed by atoms with Crippen molar-refractivity contribution in [3.8, 4) is 0 Å². The van der Waals surface area contributed by atoms with Crippen molar-refractivity contribution in [2.24, 2.45) is 5.41 Å². The van der Waals surface area contributed by atoms with E-state index in [4.69, 9.17) is 0 Å². The van der Waals surface area contributed by atoms with Crippen molar-refractivity contribution in [1.29, 1.82) is 0 Å². The third-order valence-corrected chi connectivity index (χ3v) is 5.06. The van der Waals surface area contributed by atoms with Crippen LogP contribution in [0.1, 0.15) is 52.9 Å². The third-order valence-electron chi connectivity index (χ3n) is 5.06. The Morgan fingerprint density at radius 3 is 2.28 bits per heavy atom. The average Bonchev–Trinajstić information content (AvgIpc) is 2.75. The molecule has 2 unspecified atom stereocenters. The summed E-state index contributed by atoms with van der Waals surface area (Å²) in [5.41, 5.74) is -0.385. The molecule has 2 saturated carbocycles. The molecule has 3 fully saturated rings. The molecule has 2 amide bonds. The Labute approximate surface area is 108 Å². The first-order valence-corrected chi connectivity index (χ1v) is 7.02. The van der Waals surface area contributed by atoms with E-state index < -0.39 is 5.54 Å². The van der Waals surface area contributed by atoms with Crippen molar-refractivity contribution in [3.63, 3.8) is 0 Å². The molecule has 1 saturated heterocycles. The molecule has 0 aromatic carbocycles. The summed E-state index contributed by atoms with van der Waals surface area (Å²) in [6.07, 6.45) is 4.74. The molecule has 4 heteroatoms. The first kappa shape index (κ1) is 12.0. The van der Waals surface area contributed by atoms with E-state index in [1.807, 2.05) is 11.8 Å². The fourth-order valence-electron chi connectivity index (χ4n) is 3.59. The van der Waals surface area contributed by atoms with Crippen LogP contribution >= 0.6 is 0 Å². The van der Waals surface area contributed by atoms with Crippen LogP contribution in [0, 0.1) is 5.41 Å². The van der Waals surface area contributed by atoms with E-state index in [-0.39, 0.29) is 29.3 Å². The highest BCUT2D eigenvalue weighted by molar-refractivity contribution is 6.00. The van der Waals surface area contributed by atoms with Crippen LogP contribution in [-0.2, 0) is 9.59 Å². The lowest BCUT2D eigenvalue weighted by Crippen LogP contribution is -2.69. The molecule has 1 heterocycles. The van der Waals surface area contributed by atoms with E-state index in [9.17, 15) is 9.59 Å². The number of carbonyl (C=O) groups is 2. The van der Waals surface area contributed by atoms with E-state index in [0.29, 0.717) is 0 Å². The zero-order valence-electron chi connectivity index (χ0n) is 11.5. The van der Waals surface area contributed by atoms with Crippen LogP contribution < -0.4 is 5.32 Å². The van der Waals surface area contributed by atoms with Gasteiger partial charge in [-0.2, -0.15) is 0 Å². The van der Waals surface area contributed by atoms with Gasteiger partial charge in [-0.1, -0.05) is 26.7 Å². The summed E-state index contributed by atoms with van der Waals surface area (Å²) in [4.78, 5) is 26.8. The van der Waals surface area contributed by atoms with Crippen LogP contribution in [0.4, 0.5) is 0 Å². The lowest BCUT2D eigenvalue weighted by Gasteiger charge is -2.44. The molecular weight excluding hydrogens is 228 g/mol. The van der Waals surface area contributed by atoms with Gasteiger partial charge >= 0.3 is 0 Å². The Bertz CT molecular complexity index is 410. The molecule has 4 nitrogen and oxygen atoms in total. The van der Waals surface area contributed by atoms with Gasteiger partial charge in [0.2, 0.25) is 11.8 Å². The van der Waals surface area contributed by atoms with Crippen LogP contribution in [0.2, 0.25) is 0 Å². The molecule has 0 aromatic rings. The van der Waals surface area contributed by atoms with Gasteiger partial charge in [-0.05, 0) is 31.6 Å². The quantitative estimate of drug-likeness (QED) is 0.765. The van der Waals surface area contributed by atoms with Crippen LogP contribution in [0.15, 0.2) is 0 Å². The molecule has 3 rings (SSSR count). The largest absolute Gasteiger partial charge is 0.340 e. The zero-order chi connectivity index (χ0) is 13.1. The minimum absolute atomic E-state index is 0.0270. The summed E-state index contributed by atoms with van der Waals surface area (Å²) in [6.45, 7) is 6.19. The van der Waals surface area contributed by atoms with Gasteiger partial charge in [0.15, 0.2) is 0 Å². The molecular formula is C14H22N2O2. The molecule has 100 valence electrons. The van der Waals surface area contributed by atoms with E-state index in [1.54, 1.807) is 0 Å². The standard InChI is InChI=1S/C14H22N2O2/c1-9-11(17)15-14(6-4-5-7-14)12(18)16(9)10-8-13(10,2)3/h9-10H,4-8H2,1-3H3,(H,15,17). The second-order valence-electron chi connectivity index (χ2n) is 6.88. The Kier molecular flexibility index (Phi) is 2.32. The molecule has 0 bridgehead atoms. The summed E-state index contributed by atoms with van der Waals surface area (Å²) in [6, 6.07) is -0.0565. The van der Waals surface area contributed by atoms with Crippen LogP contribution in [-0.4, -0.2) is 34.3 Å². The van der Waals surface area contributed by atoms with Gasteiger partial charge in [0, 0.05) is 6.04 Å². The Hall–Kier alpha value is -1.06. The van der Waals surface area contributed by atoms with Gasteiger partial charge in [0.1, 0.15) is 11.6 Å². The molecule has 2 aliphatic carbocycles. The summed E-state index contributed by atoms with van der Waals surface area (Å²) < 4.78 is 0. The van der Waals surface area contributed by atoms with E-state index >= 15 is 0 Å². The fourth-order valence-corrected chi connectivity index (χ4v) is 3.59. The first-order valence-electron chi connectivity index (χ1n) is 7.02. The van der Waals surface area contributed by atoms with Gasteiger partial charge < -0.3 is 10.2 Å². The Morgan fingerprint density at radius 1 is 1.22 bits per heavy atom. The number of carbonyl (C=O) groups excluding carboxylic acids is 2. The molecule has 1 spiro atoms. The van der Waals surface area contributed by atoms with Crippen molar-refractivity contribution in [1.82, 2.24) is 10.2 Å². The van der Waals surface area contributed by atoms with Crippen molar-refractivity contribution >= 4 is 11.8 Å². The molecule has 1 aliphatic heterocycles. The van der Waals surface area contributed by atoms with Gasteiger partial charge in [-0.25, -0.2) is 0 Å². The van der Waals surface area contributed by atoms with Crippen molar-refractivity contribution in [3.05, 3.63) is 0 Å². The smallest absolute Gasteiger partial charge is 0.249 e. The van der Waals surface area contributed by atoms with Crippen molar-refractivity contribution < 1.29 is 9.59 Å². The summed E-state index contributed by atoms with van der Waals surface area (Å²) in [5, 5.41) is 3.00. The zero-order valence-corrected chi connectivity index (χ0v) is 11.5. The maximum Gasteiger partial charge on any atom is 0.249 e. The summed E-state index contributed by atoms with van der Waals surface area (Å²) in [5.74, 6) is 0.196. The average molecular weight is 250 g/mol. The molecule has 2 atom stereocenters. The third kappa shape index (κ3) is 1.50. The highest BCUT2D eigenvalue weighted by Crippen LogP contribution is 2.51. The van der Waals surface area contributed by atoms with Gasteiger partial charge in [-0.3, -0.25) is 9.59 Å². The predicted molar refractivity (Wildman–Crippen MR) is 67.8 cm³/mol. The summed E-state index contributed by atoms with van der Waals surface area (Å²) in [7, 11) is 0. The van der Waals surface area contributed by atoms with E-state index in [2.05, 4.69) is 19.2 Å². The molecule has 3 aliphatic rings. The number of piperazine rings is 1. The lowest BCUT2D eigenvalue weighted by atomic mass is 9.90. The highest BCUT2D eigenvalue weighted by Gasteiger charge is 2.59. The van der Waals surface area contributed by atoms with Gasteiger partial charge in [0.25, 0.3) is 0 Å². The normalized spacial score (nSPS) is 36.9. The topological polar surface area (TPSA) is 49.4 Å². The number of hydrogen-bond donors (Lipinski definition) is 1. The van der Waals surface area contributed by atoms with Gasteiger partial charge in [0.05, 0.1) is 0 Å². The second kappa shape index (κ2) is 3.49. The second-order valence-corrected chi connectivity index (χ2v) is 6.88. The minimum Gasteiger partial charge on any atom is -0.340 e.